The molecule has 12 nitrogen and oxygen atoms in total. The molecule has 156 valence electrons. The van der Waals surface area contributed by atoms with E-state index < -0.39 is 38.2 Å². The number of hydrogen-bond donors (Lipinski definition) is 4. The smallest absolute Gasteiger partial charge is 0.382 e. The van der Waals surface area contributed by atoms with Gasteiger partial charge in [-0.1, -0.05) is 0 Å². The molecule has 2 aromatic rings. The Bertz CT molecular complexity index is 894. The van der Waals surface area contributed by atoms with Gasteiger partial charge in [-0.3, -0.25) is 9.13 Å². The monoisotopic (exact) mass is 417 g/mol. The molecule has 2 aromatic heterocycles. The summed E-state index contributed by atoms with van der Waals surface area (Å²) in [5.41, 5.74) is 4.15. The van der Waals surface area contributed by atoms with E-state index in [0.29, 0.717) is 0 Å². The summed E-state index contributed by atoms with van der Waals surface area (Å²) in [7, 11) is -3.82. The van der Waals surface area contributed by atoms with Crippen LogP contribution in [0.15, 0.2) is 6.33 Å². The molecule has 28 heavy (non-hydrogen) atoms. The number of nitrogen functional groups attached to an aromatic ring is 1. The molecule has 0 saturated carbocycles. The van der Waals surface area contributed by atoms with Crippen molar-refractivity contribution in [1.82, 2.24) is 19.5 Å². The molecule has 0 amide bonds. The zero-order chi connectivity index (χ0) is 20.7. The number of aromatic nitrogens is 4. The van der Waals surface area contributed by atoms with E-state index in [1.54, 1.807) is 13.8 Å². The van der Waals surface area contributed by atoms with E-state index in [-0.39, 0.29) is 35.8 Å². The van der Waals surface area contributed by atoms with Gasteiger partial charge >= 0.3 is 7.60 Å². The van der Waals surface area contributed by atoms with Gasteiger partial charge in [0, 0.05) is 0 Å². The summed E-state index contributed by atoms with van der Waals surface area (Å²) in [6, 6.07) is 0. The first-order valence-corrected chi connectivity index (χ1v) is 10.3. The molecule has 1 saturated heterocycles. The highest BCUT2D eigenvalue weighted by Gasteiger charge is 2.53. The number of nitrogens with two attached hydrogens (primary N) is 1. The second-order valence-electron chi connectivity index (χ2n) is 6.44. The molecule has 3 heterocycles. The van der Waals surface area contributed by atoms with Gasteiger partial charge in [0.1, 0.15) is 23.3 Å². The third-order valence-electron chi connectivity index (χ3n) is 4.47. The van der Waals surface area contributed by atoms with Crippen LogP contribution >= 0.6 is 7.60 Å². The van der Waals surface area contributed by atoms with Crippen LogP contribution in [0.5, 0.6) is 0 Å². The van der Waals surface area contributed by atoms with Crippen LogP contribution in [0.4, 0.5) is 5.95 Å². The molecule has 5 N–H and O–H groups in total. The normalized spacial score (nSPS) is 28.3. The highest BCUT2D eigenvalue weighted by molar-refractivity contribution is 7.62. The van der Waals surface area contributed by atoms with Crippen LogP contribution in [0.2, 0.25) is 0 Å². The average Bonchev–Trinajstić information content (AvgIpc) is 3.13. The molecule has 1 aliphatic heterocycles. The van der Waals surface area contributed by atoms with E-state index in [9.17, 15) is 19.9 Å². The lowest BCUT2D eigenvalue weighted by atomic mass is 9.96. The van der Waals surface area contributed by atoms with Crippen LogP contribution in [-0.2, 0) is 18.3 Å². The zero-order valence-electron chi connectivity index (χ0n) is 15.7. The van der Waals surface area contributed by atoms with Gasteiger partial charge in [-0.05, 0) is 20.8 Å². The van der Waals surface area contributed by atoms with Crippen molar-refractivity contribution < 1.29 is 33.7 Å². The van der Waals surface area contributed by atoms with E-state index in [0.717, 1.165) is 0 Å². The molecule has 1 aliphatic rings. The van der Waals surface area contributed by atoms with Gasteiger partial charge in [0.2, 0.25) is 5.95 Å². The van der Waals surface area contributed by atoms with Gasteiger partial charge in [-0.25, -0.2) is 9.97 Å². The molecule has 1 fully saturated rings. The van der Waals surface area contributed by atoms with Crippen LogP contribution in [0.3, 0.4) is 0 Å². The fraction of sp³-hybridized carbons (Fsp3) is 0.667. The Balaban J connectivity index is 2.17. The quantitative estimate of drug-likeness (QED) is 0.419. The highest BCUT2D eigenvalue weighted by atomic mass is 31.2. The Labute approximate surface area is 160 Å². The van der Waals surface area contributed by atoms with E-state index in [2.05, 4.69) is 15.0 Å². The highest BCUT2D eigenvalue weighted by Crippen LogP contribution is 2.48. The van der Waals surface area contributed by atoms with Gasteiger partial charge < -0.3 is 34.8 Å². The lowest BCUT2D eigenvalue weighted by Gasteiger charge is -2.27. The number of nitrogens with zero attached hydrogens (tertiary/aromatic N) is 4. The van der Waals surface area contributed by atoms with Gasteiger partial charge in [0.25, 0.3) is 0 Å². The van der Waals surface area contributed by atoms with Gasteiger partial charge in [-0.2, -0.15) is 4.98 Å². The maximum atomic E-state index is 13.2. The second kappa shape index (κ2) is 7.64. The molecule has 0 aromatic carbocycles. The van der Waals surface area contributed by atoms with Gasteiger partial charge in [0.15, 0.2) is 17.3 Å². The third kappa shape index (κ3) is 3.30. The van der Waals surface area contributed by atoms with Gasteiger partial charge in [0.05, 0.1) is 26.1 Å². The molecule has 4 atom stereocenters. The van der Waals surface area contributed by atoms with Crippen LogP contribution in [0.25, 0.3) is 11.2 Å². The minimum atomic E-state index is -3.82. The summed E-state index contributed by atoms with van der Waals surface area (Å²) in [6.07, 6.45) is -2.20. The Kier molecular flexibility index (Phi) is 5.74. The number of imidazole rings is 1. The first-order valence-electron chi connectivity index (χ1n) is 8.76. The maximum absolute atomic E-state index is 13.2. The fourth-order valence-electron chi connectivity index (χ4n) is 3.17. The number of fused-ring (bicyclic) bond motifs is 1. The third-order valence-corrected chi connectivity index (χ3v) is 6.49. The Morgan fingerprint density at radius 1 is 1.36 bits per heavy atom. The van der Waals surface area contributed by atoms with Crippen molar-refractivity contribution in [1.29, 1.82) is 0 Å². The predicted octanol–water partition coefficient (Wildman–Crippen LogP) is -0.698. The van der Waals surface area contributed by atoms with Crippen molar-refractivity contribution in [2.75, 3.05) is 25.6 Å². The van der Waals surface area contributed by atoms with Crippen LogP contribution < -0.4 is 11.2 Å². The Morgan fingerprint density at radius 2 is 2.00 bits per heavy atom. The maximum Gasteiger partial charge on any atom is 0.382 e. The zero-order valence-corrected chi connectivity index (χ0v) is 16.6. The van der Waals surface area contributed by atoms with Crippen molar-refractivity contribution >= 4 is 30.1 Å². The van der Waals surface area contributed by atoms with Crippen molar-refractivity contribution in [3.8, 4) is 0 Å². The predicted molar refractivity (Wildman–Crippen MR) is 97.9 cm³/mol. The second-order valence-corrected chi connectivity index (χ2v) is 8.38. The summed E-state index contributed by atoms with van der Waals surface area (Å²) in [6.45, 7) is 4.40. The molecule has 3 rings (SSSR count). The molecular weight excluding hydrogens is 393 g/mol. The molecule has 0 spiro atoms. The number of ether oxygens (including phenoxy) is 1. The van der Waals surface area contributed by atoms with E-state index in [4.69, 9.17) is 19.5 Å². The first-order chi connectivity index (χ1) is 13.2. The summed E-state index contributed by atoms with van der Waals surface area (Å²) < 4.78 is 30.8. The standard InChI is InChI=1S/C15H24N5O7P/c1-4-25-28(24,26-5-2)12-9-11(18-14(16)19-12)20(7-17-9)13-15(3,23)10(22)8(6-21)27-13/h7-8,10,13,21-23H,4-6H2,1-3H3,(H2,16,18,19)/t8-,10-,13-,15-/m1/s1. The molecular formula is C15H24N5O7P. The molecule has 0 unspecified atom stereocenters. The van der Waals surface area contributed by atoms with Crippen molar-refractivity contribution in [3.05, 3.63) is 6.33 Å². The summed E-state index contributed by atoms with van der Waals surface area (Å²) >= 11 is 0. The molecule has 13 heteroatoms. The Hall–Kier alpha value is -1.66. The number of aliphatic hydroxyl groups is 3. The SMILES string of the molecule is CCOP(=O)(OCC)c1nc(N)nc2c1ncn2[C@@H]1O[C@H](CO)[C@@H](O)[C@@]1(C)O. The minimum Gasteiger partial charge on any atom is -0.394 e. The summed E-state index contributed by atoms with van der Waals surface area (Å²) in [5, 5.41) is 30.3. The van der Waals surface area contributed by atoms with Crippen molar-refractivity contribution in [2.24, 2.45) is 0 Å². The lowest BCUT2D eigenvalue weighted by molar-refractivity contribution is -0.0950. The number of rotatable bonds is 7. The summed E-state index contributed by atoms with van der Waals surface area (Å²) in [5.74, 6) is -0.208. The fourth-order valence-corrected chi connectivity index (χ4v) is 4.81. The lowest BCUT2D eigenvalue weighted by Crippen LogP contribution is -2.44. The average molecular weight is 417 g/mol. The Morgan fingerprint density at radius 3 is 2.54 bits per heavy atom. The first kappa shape index (κ1) is 21.1. The van der Waals surface area contributed by atoms with E-state index in [1.165, 1.54) is 17.8 Å². The molecule has 0 bridgehead atoms. The van der Waals surface area contributed by atoms with Crippen LogP contribution in [-0.4, -0.2) is 72.5 Å². The van der Waals surface area contributed by atoms with Crippen molar-refractivity contribution in [3.63, 3.8) is 0 Å². The van der Waals surface area contributed by atoms with E-state index in [1.807, 2.05) is 0 Å². The van der Waals surface area contributed by atoms with Gasteiger partial charge in [-0.15, -0.1) is 0 Å². The van der Waals surface area contributed by atoms with E-state index >= 15 is 0 Å². The summed E-state index contributed by atoms with van der Waals surface area (Å²) in [4.78, 5) is 12.3. The van der Waals surface area contributed by atoms with Crippen LogP contribution in [0.1, 0.15) is 27.0 Å². The topological polar surface area (TPSA) is 175 Å². The number of aliphatic hydroxyl groups excluding tert-OH is 2. The molecule has 0 radical (unpaired) electrons. The van der Waals surface area contributed by atoms with Crippen LogP contribution in [0, 0.1) is 0 Å². The number of hydrogen-bond acceptors (Lipinski definition) is 11. The minimum absolute atomic E-state index is 0.0979. The number of anilines is 1. The van der Waals surface area contributed by atoms with Crippen molar-refractivity contribution in [2.45, 2.75) is 44.8 Å². The largest absolute Gasteiger partial charge is 0.394 e. The molecule has 0 aliphatic carbocycles.